The van der Waals surface area contributed by atoms with Crippen LogP contribution in [-0.2, 0) is 6.42 Å². The molecule has 1 N–H and O–H groups in total. The van der Waals surface area contributed by atoms with Crippen LogP contribution in [0.5, 0.6) is 0 Å². The van der Waals surface area contributed by atoms with Crippen molar-refractivity contribution in [3.8, 4) is 0 Å². The maximum atomic E-state index is 13.2. The predicted octanol–water partition coefficient (Wildman–Crippen LogP) is 2.41. The number of benzene rings is 1. The summed E-state index contributed by atoms with van der Waals surface area (Å²) >= 11 is 0. The van der Waals surface area contributed by atoms with E-state index in [-0.39, 0.29) is 0 Å². The van der Waals surface area contributed by atoms with E-state index in [4.69, 9.17) is 5.11 Å². The zero-order valence-electron chi connectivity index (χ0n) is 7.71. The second-order valence-corrected chi connectivity index (χ2v) is 3.13. The molecule has 0 radical (unpaired) electrons. The Bertz CT molecular complexity index is 306. The zero-order valence-corrected chi connectivity index (χ0v) is 7.71. The number of aliphatic hydroxyl groups is 1. The van der Waals surface area contributed by atoms with E-state index in [0.717, 1.165) is 0 Å². The first-order valence-corrected chi connectivity index (χ1v) is 4.27. The fourth-order valence-electron chi connectivity index (χ4n) is 1.09. The van der Waals surface area contributed by atoms with E-state index < -0.39 is 24.5 Å². The van der Waals surface area contributed by atoms with Gasteiger partial charge in [-0.1, -0.05) is 36.9 Å². The minimum atomic E-state index is -3.03. The Labute approximate surface area is 81.7 Å². The van der Waals surface area contributed by atoms with Crippen LogP contribution in [0.15, 0.2) is 42.5 Å². The molecule has 3 heteroatoms. The van der Waals surface area contributed by atoms with Crippen LogP contribution in [0, 0.1) is 0 Å². The van der Waals surface area contributed by atoms with Crippen molar-refractivity contribution in [3.05, 3.63) is 48.0 Å². The lowest BCUT2D eigenvalue weighted by atomic mass is 10.0. The van der Waals surface area contributed by atoms with Gasteiger partial charge in [-0.2, -0.15) is 0 Å². The highest BCUT2D eigenvalue weighted by molar-refractivity contribution is 5.20. The lowest BCUT2D eigenvalue weighted by Crippen LogP contribution is -2.24. The van der Waals surface area contributed by atoms with Crippen LogP contribution >= 0.6 is 0 Å². The number of halogens is 2. The Morgan fingerprint density at radius 2 is 1.86 bits per heavy atom. The first-order chi connectivity index (χ1) is 6.56. The van der Waals surface area contributed by atoms with Crippen LogP contribution < -0.4 is 0 Å². The minimum Gasteiger partial charge on any atom is -0.392 e. The summed E-state index contributed by atoms with van der Waals surface area (Å²) < 4.78 is 26.5. The molecule has 0 bridgehead atoms. The summed E-state index contributed by atoms with van der Waals surface area (Å²) in [5.74, 6) is -3.03. The van der Waals surface area contributed by atoms with Crippen LogP contribution in [-0.4, -0.2) is 17.6 Å². The standard InChI is InChI=1S/C11H12F2O/c1-9(8-14)11(12,13)7-10-5-3-2-4-6-10/h2-6,14H,1,7-8H2. The summed E-state index contributed by atoms with van der Waals surface area (Å²) in [4.78, 5) is 0. The van der Waals surface area contributed by atoms with Gasteiger partial charge in [0.2, 0.25) is 0 Å². The van der Waals surface area contributed by atoms with Crippen molar-refractivity contribution in [1.29, 1.82) is 0 Å². The SMILES string of the molecule is C=C(CO)C(F)(F)Cc1ccccc1. The molecular weight excluding hydrogens is 186 g/mol. The molecule has 0 atom stereocenters. The van der Waals surface area contributed by atoms with Crippen LogP contribution in [0.1, 0.15) is 5.56 Å². The van der Waals surface area contributed by atoms with Gasteiger partial charge in [-0.15, -0.1) is 0 Å². The normalized spacial score (nSPS) is 11.4. The van der Waals surface area contributed by atoms with E-state index in [2.05, 4.69) is 6.58 Å². The van der Waals surface area contributed by atoms with Crippen molar-refractivity contribution in [1.82, 2.24) is 0 Å². The average molecular weight is 198 g/mol. The van der Waals surface area contributed by atoms with Gasteiger partial charge in [-0.05, 0) is 5.56 Å². The Kier molecular flexibility index (Phi) is 3.36. The lowest BCUT2D eigenvalue weighted by molar-refractivity contribution is 0.0315. The third kappa shape index (κ3) is 2.64. The number of alkyl halides is 2. The van der Waals surface area contributed by atoms with E-state index >= 15 is 0 Å². The van der Waals surface area contributed by atoms with Crippen molar-refractivity contribution >= 4 is 0 Å². The molecule has 0 aliphatic heterocycles. The van der Waals surface area contributed by atoms with Gasteiger partial charge in [0.05, 0.1) is 6.61 Å². The van der Waals surface area contributed by atoms with Gasteiger partial charge in [-0.25, -0.2) is 8.78 Å². The average Bonchev–Trinajstić information content (AvgIpc) is 2.17. The van der Waals surface area contributed by atoms with Gasteiger partial charge >= 0.3 is 0 Å². The van der Waals surface area contributed by atoms with Crippen LogP contribution in [0.25, 0.3) is 0 Å². The highest BCUT2D eigenvalue weighted by Crippen LogP contribution is 2.26. The van der Waals surface area contributed by atoms with Crippen molar-refractivity contribution in [2.45, 2.75) is 12.3 Å². The highest BCUT2D eigenvalue weighted by Gasteiger charge is 2.32. The van der Waals surface area contributed by atoms with Crippen molar-refractivity contribution in [3.63, 3.8) is 0 Å². The minimum absolute atomic E-state index is 0.409. The summed E-state index contributed by atoms with van der Waals surface area (Å²) in [6, 6.07) is 8.42. The molecule has 76 valence electrons. The van der Waals surface area contributed by atoms with Gasteiger partial charge in [0.1, 0.15) is 0 Å². The molecule has 0 heterocycles. The molecule has 0 aromatic heterocycles. The largest absolute Gasteiger partial charge is 0.392 e. The summed E-state index contributed by atoms with van der Waals surface area (Å²) in [5.41, 5.74) is 0.0912. The van der Waals surface area contributed by atoms with Gasteiger partial charge in [-0.3, -0.25) is 0 Å². The van der Waals surface area contributed by atoms with Crippen LogP contribution in [0.4, 0.5) is 8.78 Å². The monoisotopic (exact) mass is 198 g/mol. The molecule has 0 saturated carbocycles. The third-order valence-corrected chi connectivity index (χ3v) is 1.98. The molecule has 14 heavy (non-hydrogen) atoms. The van der Waals surface area contributed by atoms with Gasteiger partial charge in [0, 0.05) is 12.0 Å². The molecule has 0 aliphatic rings. The van der Waals surface area contributed by atoms with Crippen molar-refractivity contribution < 1.29 is 13.9 Å². The van der Waals surface area contributed by atoms with E-state index in [9.17, 15) is 8.78 Å². The molecular formula is C11H12F2O. The van der Waals surface area contributed by atoms with Gasteiger partial charge in [0.25, 0.3) is 5.92 Å². The van der Waals surface area contributed by atoms with Crippen LogP contribution in [0.3, 0.4) is 0 Å². The molecule has 0 aliphatic carbocycles. The lowest BCUT2D eigenvalue weighted by Gasteiger charge is -2.17. The molecule has 0 unspecified atom stereocenters. The third-order valence-electron chi connectivity index (χ3n) is 1.98. The molecule has 1 nitrogen and oxygen atoms in total. The Morgan fingerprint density at radius 1 is 1.29 bits per heavy atom. The molecule has 1 aromatic carbocycles. The van der Waals surface area contributed by atoms with E-state index in [0.29, 0.717) is 5.56 Å². The number of hydrogen-bond acceptors (Lipinski definition) is 1. The molecule has 0 amide bonds. The predicted molar refractivity (Wildman–Crippen MR) is 51.3 cm³/mol. The Hall–Kier alpha value is -1.22. The summed E-state index contributed by atoms with van der Waals surface area (Å²) in [7, 11) is 0. The summed E-state index contributed by atoms with van der Waals surface area (Å²) in [6.45, 7) is 2.46. The second-order valence-electron chi connectivity index (χ2n) is 3.13. The smallest absolute Gasteiger partial charge is 0.275 e. The first kappa shape index (κ1) is 10.9. The van der Waals surface area contributed by atoms with E-state index in [1.54, 1.807) is 30.3 Å². The molecule has 0 saturated heterocycles. The topological polar surface area (TPSA) is 20.2 Å². The van der Waals surface area contributed by atoms with Crippen LogP contribution in [0.2, 0.25) is 0 Å². The molecule has 0 spiro atoms. The number of aliphatic hydroxyl groups excluding tert-OH is 1. The van der Waals surface area contributed by atoms with Gasteiger partial charge in [0.15, 0.2) is 0 Å². The first-order valence-electron chi connectivity index (χ1n) is 4.27. The zero-order chi connectivity index (χ0) is 10.6. The molecule has 1 aromatic rings. The van der Waals surface area contributed by atoms with E-state index in [1.165, 1.54) is 0 Å². The fourth-order valence-corrected chi connectivity index (χ4v) is 1.09. The number of rotatable bonds is 4. The maximum absolute atomic E-state index is 13.2. The van der Waals surface area contributed by atoms with E-state index in [1.807, 2.05) is 0 Å². The Balaban J connectivity index is 2.73. The van der Waals surface area contributed by atoms with Crippen molar-refractivity contribution in [2.75, 3.05) is 6.61 Å². The second kappa shape index (κ2) is 4.33. The van der Waals surface area contributed by atoms with Gasteiger partial charge < -0.3 is 5.11 Å². The quantitative estimate of drug-likeness (QED) is 0.736. The summed E-state index contributed by atoms with van der Waals surface area (Å²) in [6.07, 6.45) is -0.409. The maximum Gasteiger partial charge on any atom is 0.275 e. The molecule has 1 rings (SSSR count). The number of hydrogen-bond donors (Lipinski definition) is 1. The summed E-state index contributed by atoms with van der Waals surface area (Å²) in [5, 5.41) is 8.57. The highest BCUT2D eigenvalue weighted by atomic mass is 19.3. The van der Waals surface area contributed by atoms with Crippen molar-refractivity contribution in [2.24, 2.45) is 0 Å². The Morgan fingerprint density at radius 3 is 2.36 bits per heavy atom. The molecule has 0 fully saturated rings. The fraction of sp³-hybridized carbons (Fsp3) is 0.273.